The van der Waals surface area contributed by atoms with Crippen molar-refractivity contribution in [2.45, 2.75) is 38.5 Å². The first-order valence-electron chi connectivity index (χ1n) is 5.26. The molecule has 3 aliphatic rings. The van der Waals surface area contributed by atoms with E-state index in [1.807, 2.05) is 6.92 Å². The first-order chi connectivity index (χ1) is 6.22. The summed E-state index contributed by atoms with van der Waals surface area (Å²) < 4.78 is 5.88. The lowest BCUT2D eigenvalue weighted by Crippen LogP contribution is -2.44. The largest absolute Gasteiger partial charge is 0.394 e. The standard InChI is InChI=1S/C10H19O2P/c1-7(6-11)12-13-4-3-9-5-10(13)8(9)2/h7-11H,3-6H2,1-2H3/t7?,8-,9+,10-,13?/m0/s1. The molecule has 0 radical (unpaired) electrons. The first kappa shape index (κ1) is 9.89. The van der Waals surface area contributed by atoms with Crippen LogP contribution in [0.5, 0.6) is 0 Å². The Bertz CT molecular complexity index is 184. The minimum absolute atomic E-state index is 0.0514. The Kier molecular flexibility index (Phi) is 2.92. The summed E-state index contributed by atoms with van der Waals surface area (Å²) in [6, 6.07) is 0. The molecule has 2 aliphatic heterocycles. The van der Waals surface area contributed by atoms with Crippen molar-refractivity contribution in [3.63, 3.8) is 0 Å². The molecule has 2 nitrogen and oxygen atoms in total. The average Bonchev–Trinajstić information content (AvgIpc) is 2.16. The summed E-state index contributed by atoms with van der Waals surface area (Å²) in [5, 5.41) is 8.92. The third kappa shape index (κ3) is 1.77. The summed E-state index contributed by atoms with van der Waals surface area (Å²) in [7, 11) is -0.212. The van der Waals surface area contributed by atoms with Crippen molar-refractivity contribution in [1.82, 2.24) is 0 Å². The van der Waals surface area contributed by atoms with Gasteiger partial charge in [-0.1, -0.05) is 6.92 Å². The molecule has 0 aromatic rings. The van der Waals surface area contributed by atoms with Crippen molar-refractivity contribution in [1.29, 1.82) is 0 Å². The molecule has 3 rings (SSSR count). The van der Waals surface area contributed by atoms with Crippen LogP contribution in [0.1, 0.15) is 26.7 Å². The maximum absolute atomic E-state index is 8.92. The highest BCUT2D eigenvalue weighted by molar-refractivity contribution is 7.53. The molecule has 3 fully saturated rings. The number of fused-ring (bicyclic) bond motifs is 2. The lowest BCUT2D eigenvalue weighted by Gasteiger charge is -2.52. The minimum Gasteiger partial charge on any atom is -0.394 e. The van der Waals surface area contributed by atoms with E-state index in [4.69, 9.17) is 9.63 Å². The van der Waals surface area contributed by atoms with E-state index in [0.29, 0.717) is 0 Å². The van der Waals surface area contributed by atoms with Crippen LogP contribution in [-0.4, -0.2) is 29.6 Å². The van der Waals surface area contributed by atoms with Gasteiger partial charge in [0.25, 0.3) is 0 Å². The molecule has 5 atom stereocenters. The fourth-order valence-corrected chi connectivity index (χ4v) is 5.45. The fourth-order valence-electron chi connectivity index (χ4n) is 2.47. The minimum atomic E-state index is -0.212. The van der Waals surface area contributed by atoms with Gasteiger partial charge in [0.05, 0.1) is 12.7 Å². The summed E-state index contributed by atoms with van der Waals surface area (Å²) in [5.74, 6) is 1.89. The van der Waals surface area contributed by atoms with Gasteiger partial charge >= 0.3 is 0 Å². The fraction of sp³-hybridized carbons (Fsp3) is 1.00. The monoisotopic (exact) mass is 202 g/mol. The maximum Gasteiger partial charge on any atom is 0.0820 e. The van der Waals surface area contributed by atoms with Gasteiger partial charge in [-0.15, -0.1) is 0 Å². The maximum atomic E-state index is 8.92. The van der Waals surface area contributed by atoms with Crippen LogP contribution in [0.2, 0.25) is 0 Å². The van der Waals surface area contributed by atoms with Crippen molar-refractivity contribution >= 4 is 8.15 Å². The number of aliphatic hydroxyl groups is 1. The quantitative estimate of drug-likeness (QED) is 0.711. The summed E-state index contributed by atoms with van der Waals surface area (Å²) in [6.45, 7) is 4.50. The van der Waals surface area contributed by atoms with E-state index in [9.17, 15) is 0 Å². The van der Waals surface area contributed by atoms with Crippen molar-refractivity contribution in [3.8, 4) is 0 Å². The van der Waals surface area contributed by atoms with Crippen LogP contribution in [0, 0.1) is 11.8 Å². The van der Waals surface area contributed by atoms with Gasteiger partial charge in [0, 0.05) is 13.8 Å². The normalized spacial score (nSPS) is 45.5. The lowest BCUT2D eigenvalue weighted by atomic mass is 9.72. The van der Waals surface area contributed by atoms with E-state index < -0.39 is 0 Å². The van der Waals surface area contributed by atoms with Crippen LogP contribution >= 0.6 is 8.15 Å². The van der Waals surface area contributed by atoms with Crippen molar-refractivity contribution < 1.29 is 9.63 Å². The summed E-state index contributed by atoms with van der Waals surface area (Å²) in [6.07, 6.45) is 4.08. The summed E-state index contributed by atoms with van der Waals surface area (Å²) in [5.41, 5.74) is 0.850. The second-order valence-corrected chi connectivity index (χ2v) is 6.61. The molecule has 2 heterocycles. The molecule has 13 heavy (non-hydrogen) atoms. The van der Waals surface area contributed by atoms with Gasteiger partial charge in [0.2, 0.25) is 0 Å². The molecule has 1 N–H and O–H groups in total. The van der Waals surface area contributed by atoms with Gasteiger partial charge in [0.1, 0.15) is 0 Å². The predicted octanol–water partition coefficient (Wildman–Crippen LogP) is 2.21. The van der Waals surface area contributed by atoms with Gasteiger partial charge in [0.15, 0.2) is 0 Å². The van der Waals surface area contributed by atoms with Gasteiger partial charge in [-0.25, -0.2) is 0 Å². The zero-order valence-corrected chi connectivity index (χ0v) is 9.33. The molecular weight excluding hydrogens is 183 g/mol. The molecule has 0 aromatic carbocycles. The molecule has 2 saturated heterocycles. The predicted molar refractivity (Wildman–Crippen MR) is 55.1 cm³/mol. The van der Waals surface area contributed by atoms with E-state index in [-0.39, 0.29) is 20.9 Å². The highest BCUT2D eigenvalue weighted by Crippen LogP contribution is 2.63. The van der Waals surface area contributed by atoms with Gasteiger partial charge < -0.3 is 9.63 Å². The third-order valence-electron chi connectivity index (χ3n) is 3.56. The molecule has 1 aliphatic carbocycles. The molecule has 0 spiro atoms. The Morgan fingerprint density at radius 1 is 1.62 bits per heavy atom. The number of hydrogen-bond acceptors (Lipinski definition) is 2. The van der Waals surface area contributed by atoms with E-state index in [2.05, 4.69) is 6.92 Å². The zero-order chi connectivity index (χ0) is 9.42. The van der Waals surface area contributed by atoms with Crippen molar-refractivity contribution in [3.05, 3.63) is 0 Å². The highest BCUT2D eigenvalue weighted by Gasteiger charge is 2.47. The van der Waals surface area contributed by atoms with Gasteiger partial charge in [-0.2, -0.15) is 0 Å². The second-order valence-electron chi connectivity index (χ2n) is 4.45. The molecule has 3 heteroatoms. The molecule has 0 aromatic heterocycles. The molecule has 1 saturated carbocycles. The number of aliphatic hydroxyl groups excluding tert-OH is 1. The number of hydrogen-bond donors (Lipinski definition) is 1. The molecule has 0 amide bonds. The topological polar surface area (TPSA) is 29.5 Å². The Morgan fingerprint density at radius 2 is 2.38 bits per heavy atom. The van der Waals surface area contributed by atoms with Crippen LogP contribution in [-0.2, 0) is 4.52 Å². The van der Waals surface area contributed by atoms with Crippen LogP contribution in [0.25, 0.3) is 0 Å². The van der Waals surface area contributed by atoms with E-state index >= 15 is 0 Å². The molecule has 76 valence electrons. The zero-order valence-electron chi connectivity index (χ0n) is 8.44. The van der Waals surface area contributed by atoms with E-state index in [1.165, 1.54) is 19.0 Å². The Morgan fingerprint density at radius 3 is 2.92 bits per heavy atom. The van der Waals surface area contributed by atoms with E-state index in [1.54, 1.807) is 0 Å². The van der Waals surface area contributed by atoms with Crippen LogP contribution < -0.4 is 0 Å². The highest BCUT2D eigenvalue weighted by atomic mass is 31.1. The lowest BCUT2D eigenvalue weighted by molar-refractivity contribution is 0.116. The Hall–Kier alpha value is 0.350. The summed E-state index contributed by atoms with van der Waals surface area (Å²) in [4.78, 5) is 0. The third-order valence-corrected chi connectivity index (χ3v) is 6.31. The Balaban J connectivity index is 1.86. The van der Waals surface area contributed by atoms with Crippen LogP contribution in [0.3, 0.4) is 0 Å². The van der Waals surface area contributed by atoms with Gasteiger partial charge in [-0.3, -0.25) is 0 Å². The average molecular weight is 202 g/mol. The SMILES string of the molecule is CC(CO)OP1CC[C@@H]2C[C@H]1[C@H]2C. The molecular formula is C10H19O2P. The Labute approximate surface area is 81.5 Å². The van der Waals surface area contributed by atoms with Crippen molar-refractivity contribution in [2.24, 2.45) is 11.8 Å². The number of rotatable bonds is 3. The van der Waals surface area contributed by atoms with Gasteiger partial charge in [-0.05, 0) is 37.8 Å². The van der Waals surface area contributed by atoms with Crippen LogP contribution in [0.4, 0.5) is 0 Å². The van der Waals surface area contributed by atoms with Crippen LogP contribution in [0.15, 0.2) is 0 Å². The second kappa shape index (κ2) is 3.84. The molecule has 2 unspecified atom stereocenters. The van der Waals surface area contributed by atoms with E-state index in [0.717, 1.165) is 17.5 Å². The molecule has 2 bridgehead atoms. The summed E-state index contributed by atoms with van der Waals surface area (Å²) >= 11 is 0. The smallest absolute Gasteiger partial charge is 0.0820 e. The first-order valence-corrected chi connectivity index (χ1v) is 6.78. The van der Waals surface area contributed by atoms with Crippen molar-refractivity contribution in [2.75, 3.05) is 12.8 Å².